The Labute approximate surface area is 137 Å². The quantitative estimate of drug-likeness (QED) is 0.549. The van der Waals surface area contributed by atoms with Crippen molar-refractivity contribution in [2.45, 2.75) is 92.8 Å². The van der Waals surface area contributed by atoms with Crippen LogP contribution in [0, 0.1) is 17.8 Å². The monoisotopic (exact) mass is 312 g/mol. The van der Waals surface area contributed by atoms with Crippen LogP contribution in [0.25, 0.3) is 0 Å². The lowest BCUT2D eigenvalue weighted by Crippen LogP contribution is -2.46. The lowest BCUT2D eigenvalue weighted by atomic mass is 9.83. The van der Waals surface area contributed by atoms with E-state index in [0.717, 1.165) is 19.3 Å². The standard InChI is InChI=1S/C19H36O3/c1-9-13(4)12-15(6)18(21)19(8,11-3)22-16(7)17(20)14(5)10-2/h13-16H,9-12H2,1-8H3/t13?,14?,15?,16-,19?/m0/s1. The molecule has 0 aliphatic heterocycles. The van der Waals surface area contributed by atoms with Crippen LogP contribution in [0.4, 0.5) is 0 Å². The Kier molecular flexibility index (Phi) is 9.14. The number of hydrogen-bond acceptors (Lipinski definition) is 3. The highest BCUT2D eigenvalue weighted by Crippen LogP contribution is 2.27. The zero-order valence-electron chi connectivity index (χ0n) is 15.9. The van der Waals surface area contributed by atoms with Crippen LogP contribution >= 0.6 is 0 Å². The lowest BCUT2D eigenvalue weighted by Gasteiger charge is -2.33. The first-order valence-electron chi connectivity index (χ1n) is 8.88. The van der Waals surface area contributed by atoms with Gasteiger partial charge in [0.25, 0.3) is 0 Å². The van der Waals surface area contributed by atoms with Crippen LogP contribution < -0.4 is 0 Å². The van der Waals surface area contributed by atoms with Crippen molar-refractivity contribution >= 4 is 11.6 Å². The first kappa shape index (κ1) is 21.3. The minimum atomic E-state index is -0.866. The van der Waals surface area contributed by atoms with Crippen LogP contribution in [0.5, 0.6) is 0 Å². The molecule has 0 radical (unpaired) electrons. The third-order valence-corrected chi connectivity index (χ3v) is 5.03. The fourth-order valence-corrected chi connectivity index (χ4v) is 2.76. The molecule has 0 aliphatic carbocycles. The predicted octanol–water partition coefficient (Wildman–Crippen LogP) is 4.82. The van der Waals surface area contributed by atoms with Crippen molar-refractivity contribution in [1.29, 1.82) is 0 Å². The van der Waals surface area contributed by atoms with E-state index >= 15 is 0 Å². The molecule has 0 rings (SSSR count). The average molecular weight is 312 g/mol. The third kappa shape index (κ3) is 5.83. The van der Waals surface area contributed by atoms with E-state index in [1.807, 2.05) is 34.6 Å². The molecule has 22 heavy (non-hydrogen) atoms. The van der Waals surface area contributed by atoms with E-state index < -0.39 is 11.7 Å². The van der Waals surface area contributed by atoms with Crippen molar-refractivity contribution in [3.8, 4) is 0 Å². The summed E-state index contributed by atoms with van der Waals surface area (Å²) in [6.07, 6.45) is 2.81. The Morgan fingerprint density at radius 3 is 1.91 bits per heavy atom. The molecular formula is C19H36O3. The highest BCUT2D eigenvalue weighted by molar-refractivity contribution is 5.90. The number of hydrogen-bond donors (Lipinski definition) is 0. The fraction of sp³-hybridized carbons (Fsp3) is 0.895. The smallest absolute Gasteiger partial charge is 0.167 e. The van der Waals surface area contributed by atoms with E-state index in [1.54, 1.807) is 6.92 Å². The van der Waals surface area contributed by atoms with Crippen molar-refractivity contribution in [3.63, 3.8) is 0 Å². The van der Waals surface area contributed by atoms with Crippen LogP contribution in [-0.4, -0.2) is 23.3 Å². The van der Waals surface area contributed by atoms with Crippen molar-refractivity contribution in [2.75, 3.05) is 0 Å². The summed E-state index contributed by atoms with van der Waals surface area (Å²) >= 11 is 0. The van der Waals surface area contributed by atoms with E-state index in [9.17, 15) is 9.59 Å². The number of Topliss-reactive ketones (excluding diaryl/α,β-unsaturated/α-hetero) is 2. The Morgan fingerprint density at radius 2 is 1.50 bits per heavy atom. The van der Waals surface area contributed by atoms with Crippen LogP contribution in [0.1, 0.15) is 81.1 Å². The Hall–Kier alpha value is -0.700. The molecule has 0 heterocycles. The first-order chi connectivity index (χ1) is 10.1. The molecule has 0 bridgehead atoms. The summed E-state index contributed by atoms with van der Waals surface area (Å²) in [4.78, 5) is 25.1. The van der Waals surface area contributed by atoms with Crippen molar-refractivity contribution in [3.05, 3.63) is 0 Å². The molecule has 0 aromatic heterocycles. The van der Waals surface area contributed by atoms with Crippen molar-refractivity contribution in [1.82, 2.24) is 0 Å². The number of carbonyl (C=O) groups excluding carboxylic acids is 2. The second-order valence-electron chi connectivity index (χ2n) is 7.07. The molecule has 0 aliphatic rings. The second-order valence-corrected chi connectivity index (χ2v) is 7.07. The molecular weight excluding hydrogens is 276 g/mol. The zero-order valence-corrected chi connectivity index (χ0v) is 15.9. The van der Waals surface area contributed by atoms with Gasteiger partial charge in [-0.15, -0.1) is 0 Å². The van der Waals surface area contributed by atoms with Crippen molar-refractivity contribution < 1.29 is 14.3 Å². The molecule has 0 amide bonds. The van der Waals surface area contributed by atoms with E-state index in [-0.39, 0.29) is 23.4 Å². The molecule has 0 spiro atoms. The van der Waals surface area contributed by atoms with Gasteiger partial charge in [0, 0.05) is 11.8 Å². The minimum absolute atomic E-state index is 0.0243. The summed E-state index contributed by atoms with van der Waals surface area (Å²) in [7, 11) is 0. The van der Waals surface area contributed by atoms with Crippen LogP contribution in [0.2, 0.25) is 0 Å². The van der Waals surface area contributed by atoms with Crippen LogP contribution in [0.3, 0.4) is 0 Å². The van der Waals surface area contributed by atoms with Gasteiger partial charge in [-0.2, -0.15) is 0 Å². The maximum absolute atomic E-state index is 12.8. The minimum Gasteiger partial charge on any atom is -0.357 e. The van der Waals surface area contributed by atoms with Gasteiger partial charge in [0.1, 0.15) is 11.7 Å². The molecule has 3 nitrogen and oxygen atoms in total. The van der Waals surface area contributed by atoms with E-state index in [2.05, 4.69) is 13.8 Å². The second kappa shape index (κ2) is 9.44. The van der Waals surface area contributed by atoms with Gasteiger partial charge in [-0.05, 0) is 39.0 Å². The molecule has 0 saturated carbocycles. The van der Waals surface area contributed by atoms with Crippen LogP contribution in [0.15, 0.2) is 0 Å². The fourth-order valence-electron chi connectivity index (χ4n) is 2.76. The zero-order chi connectivity index (χ0) is 17.5. The first-order valence-corrected chi connectivity index (χ1v) is 8.88. The molecule has 0 aromatic rings. The Balaban J connectivity index is 4.95. The van der Waals surface area contributed by atoms with Gasteiger partial charge in [-0.3, -0.25) is 9.59 Å². The molecule has 0 saturated heterocycles. The number of ketones is 2. The summed E-state index contributed by atoms with van der Waals surface area (Å²) in [5.41, 5.74) is -0.866. The summed E-state index contributed by atoms with van der Waals surface area (Å²) in [6.45, 7) is 15.8. The summed E-state index contributed by atoms with van der Waals surface area (Å²) < 4.78 is 5.97. The highest BCUT2D eigenvalue weighted by Gasteiger charge is 2.38. The highest BCUT2D eigenvalue weighted by atomic mass is 16.5. The maximum atomic E-state index is 12.8. The average Bonchev–Trinajstić information content (AvgIpc) is 2.51. The molecule has 0 aromatic carbocycles. The SMILES string of the molecule is CCC(C)CC(C)C(=O)C(C)(CC)O[C@@H](C)C(=O)C(C)CC. The largest absolute Gasteiger partial charge is 0.357 e. The molecule has 4 unspecified atom stereocenters. The maximum Gasteiger partial charge on any atom is 0.167 e. The normalized spacial score (nSPS) is 19.8. The topological polar surface area (TPSA) is 43.4 Å². The molecule has 0 fully saturated rings. The molecule has 3 heteroatoms. The Bertz CT molecular complexity index is 364. The van der Waals surface area contributed by atoms with E-state index in [1.165, 1.54) is 0 Å². The van der Waals surface area contributed by atoms with Gasteiger partial charge in [-0.25, -0.2) is 0 Å². The van der Waals surface area contributed by atoms with Gasteiger partial charge in [0.05, 0.1) is 0 Å². The lowest BCUT2D eigenvalue weighted by molar-refractivity contribution is -0.161. The number of ether oxygens (including phenoxy) is 1. The van der Waals surface area contributed by atoms with Crippen LogP contribution in [-0.2, 0) is 14.3 Å². The number of rotatable bonds is 11. The molecule has 130 valence electrons. The van der Waals surface area contributed by atoms with Crippen molar-refractivity contribution in [2.24, 2.45) is 17.8 Å². The molecule has 0 N–H and O–H groups in total. The predicted molar refractivity (Wildman–Crippen MR) is 91.9 cm³/mol. The van der Waals surface area contributed by atoms with Gasteiger partial charge < -0.3 is 4.74 Å². The Morgan fingerprint density at radius 1 is 0.955 bits per heavy atom. The van der Waals surface area contributed by atoms with Gasteiger partial charge in [0.2, 0.25) is 0 Å². The summed E-state index contributed by atoms with van der Waals surface area (Å²) in [5.74, 6) is 0.678. The van der Waals surface area contributed by atoms with Gasteiger partial charge in [0.15, 0.2) is 11.6 Å². The number of carbonyl (C=O) groups is 2. The van der Waals surface area contributed by atoms with E-state index in [0.29, 0.717) is 12.3 Å². The van der Waals surface area contributed by atoms with E-state index in [4.69, 9.17) is 4.74 Å². The van der Waals surface area contributed by atoms with Gasteiger partial charge >= 0.3 is 0 Å². The molecule has 5 atom stereocenters. The van der Waals surface area contributed by atoms with Gasteiger partial charge in [-0.1, -0.05) is 48.0 Å². The summed E-state index contributed by atoms with van der Waals surface area (Å²) in [5, 5.41) is 0. The summed E-state index contributed by atoms with van der Waals surface area (Å²) in [6, 6.07) is 0. The third-order valence-electron chi connectivity index (χ3n) is 5.03.